The van der Waals surface area contributed by atoms with Gasteiger partial charge >= 0.3 is 11.9 Å². The number of hydrogen-bond acceptors (Lipinski definition) is 4. The lowest BCUT2D eigenvalue weighted by Crippen LogP contribution is -2.09. The van der Waals surface area contributed by atoms with E-state index in [9.17, 15) is 9.59 Å². The topological polar surface area (TPSA) is 55.4 Å². The third kappa shape index (κ3) is 3.00. The summed E-state index contributed by atoms with van der Waals surface area (Å²) in [5.74, 6) is -1.24. The van der Waals surface area contributed by atoms with Crippen LogP contribution in [-0.4, -0.2) is 11.9 Å². The van der Waals surface area contributed by atoms with Crippen LogP contribution in [0.2, 0.25) is 0 Å². The first-order valence-electron chi connectivity index (χ1n) is 6.39. The molecule has 1 aliphatic heterocycles. The van der Waals surface area contributed by atoms with Gasteiger partial charge in [-0.05, 0) is 36.8 Å². The molecule has 0 saturated carbocycles. The summed E-state index contributed by atoms with van der Waals surface area (Å²) in [5.41, 5.74) is 2.62. The van der Waals surface area contributed by atoms with E-state index in [0.29, 0.717) is 11.3 Å². The molecule has 1 heterocycles. The molecule has 0 atom stereocenters. The molecule has 0 unspecified atom stereocenters. The van der Waals surface area contributed by atoms with E-state index < -0.39 is 11.9 Å². The molecule has 4 heteroatoms. The van der Waals surface area contributed by atoms with Gasteiger partial charge in [0, 0.05) is 11.4 Å². The molecule has 0 spiro atoms. The number of esters is 2. The molecule has 106 valence electrons. The standard InChI is InChI=1S/C17H15NO3/c1-4-6-7-13(5-2)18-11(3)12-8-9-14-15(10-12)17(20)21-16(14)19/h4-10,18H,2-3H2,1H3/b6-4-,13-7+. The summed E-state index contributed by atoms with van der Waals surface area (Å²) < 4.78 is 4.56. The highest BCUT2D eigenvalue weighted by atomic mass is 16.6. The monoisotopic (exact) mass is 281 g/mol. The highest BCUT2D eigenvalue weighted by Gasteiger charge is 2.29. The first kappa shape index (κ1) is 14.5. The Balaban J connectivity index is 2.25. The first-order valence-corrected chi connectivity index (χ1v) is 6.39. The maximum Gasteiger partial charge on any atom is 0.346 e. The smallest absolute Gasteiger partial charge is 0.346 e. The van der Waals surface area contributed by atoms with E-state index in [1.807, 2.05) is 25.2 Å². The molecule has 0 aliphatic carbocycles. The lowest BCUT2D eigenvalue weighted by atomic mass is 10.0. The van der Waals surface area contributed by atoms with Gasteiger partial charge in [-0.1, -0.05) is 31.4 Å². The zero-order valence-electron chi connectivity index (χ0n) is 11.7. The highest BCUT2D eigenvalue weighted by molar-refractivity contribution is 6.15. The lowest BCUT2D eigenvalue weighted by Gasteiger charge is -2.10. The molecule has 0 radical (unpaired) electrons. The van der Waals surface area contributed by atoms with E-state index in [1.54, 1.807) is 24.3 Å². The Bertz CT molecular complexity index is 696. The zero-order chi connectivity index (χ0) is 15.4. The van der Waals surface area contributed by atoms with Gasteiger partial charge < -0.3 is 10.1 Å². The van der Waals surface area contributed by atoms with Gasteiger partial charge in [-0.3, -0.25) is 0 Å². The molecule has 1 aromatic rings. The Morgan fingerprint density at radius 3 is 2.62 bits per heavy atom. The number of rotatable bonds is 5. The number of allylic oxidation sites excluding steroid dienone is 4. The van der Waals surface area contributed by atoms with Crippen LogP contribution < -0.4 is 5.32 Å². The summed E-state index contributed by atoms with van der Waals surface area (Å²) in [5, 5.41) is 3.10. The van der Waals surface area contributed by atoms with Crippen molar-refractivity contribution in [2.75, 3.05) is 0 Å². The van der Waals surface area contributed by atoms with Gasteiger partial charge in [0.2, 0.25) is 0 Å². The van der Waals surface area contributed by atoms with Gasteiger partial charge in [0.25, 0.3) is 0 Å². The minimum Gasteiger partial charge on any atom is -0.386 e. The van der Waals surface area contributed by atoms with Gasteiger partial charge in [0.1, 0.15) is 0 Å². The van der Waals surface area contributed by atoms with Crippen LogP contribution in [-0.2, 0) is 4.74 Å². The van der Waals surface area contributed by atoms with E-state index >= 15 is 0 Å². The van der Waals surface area contributed by atoms with Crippen LogP contribution in [0, 0.1) is 0 Å². The third-order valence-corrected chi connectivity index (χ3v) is 2.98. The summed E-state index contributed by atoms with van der Waals surface area (Å²) in [6.45, 7) is 9.56. The Labute approximate surface area is 123 Å². The molecule has 0 saturated heterocycles. The number of carbonyl (C=O) groups is 2. The molecular weight excluding hydrogens is 266 g/mol. The number of benzene rings is 1. The summed E-state index contributed by atoms with van der Waals surface area (Å²) in [6, 6.07) is 4.87. The molecule has 0 aromatic heterocycles. The van der Waals surface area contributed by atoms with E-state index in [0.717, 1.165) is 5.70 Å². The van der Waals surface area contributed by atoms with Crippen LogP contribution in [0.1, 0.15) is 33.2 Å². The van der Waals surface area contributed by atoms with Crippen molar-refractivity contribution in [1.29, 1.82) is 0 Å². The number of carbonyl (C=O) groups excluding carboxylic acids is 2. The van der Waals surface area contributed by atoms with Gasteiger partial charge in [0.15, 0.2) is 0 Å². The molecule has 0 fully saturated rings. The summed E-state index contributed by atoms with van der Waals surface area (Å²) in [7, 11) is 0. The average Bonchev–Trinajstić information content (AvgIpc) is 2.77. The fourth-order valence-electron chi connectivity index (χ4n) is 1.88. The second-order valence-corrected chi connectivity index (χ2v) is 4.39. The van der Waals surface area contributed by atoms with Crippen molar-refractivity contribution in [1.82, 2.24) is 5.32 Å². The van der Waals surface area contributed by atoms with E-state index in [-0.39, 0.29) is 11.1 Å². The van der Waals surface area contributed by atoms with Crippen molar-refractivity contribution < 1.29 is 14.3 Å². The third-order valence-electron chi connectivity index (χ3n) is 2.98. The van der Waals surface area contributed by atoms with Crippen molar-refractivity contribution in [2.24, 2.45) is 0 Å². The molecule has 1 N–H and O–H groups in total. The van der Waals surface area contributed by atoms with Crippen molar-refractivity contribution in [2.45, 2.75) is 6.92 Å². The minimum absolute atomic E-state index is 0.262. The lowest BCUT2D eigenvalue weighted by molar-refractivity contribution is 0.0444. The number of fused-ring (bicyclic) bond motifs is 1. The molecule has 2 rings (SSSR count). The molecule has 4 nitrogen and oxygen atoms in total. The Morgan fingerprint density at radius 1 is 1.24 bits per heavy atom. The van der Waals surface area contributed by atoms with Crippen molar-refractivity contribution >= 4 is 17.6 Å². The van der Waals surface area contributed by atoms with Gasteiger partial charge in [-0.2, -0.15) is 0 Å². The highest BCUT2D eigenvalue weighted by Crippen LogP contribution is 2.23. The second-order valence-electron chi connectivity index (χ2n) is 4.39. The SMILES string of the molecule is C=C/C(=C\C=C/C)NC(=C)c1ccc2c(c1)C(=O)OC2=O. The summed E-state index contributed by atoms with van der Waals surface area (Å²) in [6.07, 6.45) is 7.28. The number of nitrogens with one attached hydrogen (secondary N) is 1. The molecule has 1 aromatic carbocycles. The predicted molar refractivity (Wildman–Crippen MR) is 81.5 cm³/mol. The minimum atomic E-state index is -0.627. The number of ether oxygens (including phenoxy) is 1. The fraction of sp³-hybridized carbons (Fsp3) is 0.0588. The fourth-order valence-corrected chi connectivity index (χ4v) is 1.88. The molecule has 1 aliphatic rings. The maximum atomic E-state index is 11.5. The second kappa shape index (κ2) is 6.05. The van der Waals surface area contributed by atoms with Gasteiger partial charge in [-0.15, -0.1) is 0 Å². The Kier molecular flexibility index (Phi) is 4.18. The normalized spacial score (nSPS) is 14.0. The van der Waals surface area contributed by atoms with Crippen LogP contribution >= 0.6 is 0 Å². The summed E-state index contributed by atoms with van der Waals surface area (Å²) >= 11 is 0. The van der Waals surface area contributed by atoms with E-state index in [4.69, 9.17) is 0 Å². The Hall–Kier alpha value is -2.88. The van der Waals surface area contributed by atoms with E-state index in [2.05, 4.69) is 23.2 Å². The van der Waals surface area contributed by atoms with Crippen LogP contribution in [0.3, 0.4) is 0 Å². The zero-order valence-corrected chi connectivity index (χ0v) is 11.7. The van der Waals surface area contributed by atoms with E-state index in [1.165, 1.54) is 0 Å². The molecule has 21 heavy (non-hydrogen) atoms. The van der Waals surface area contributed by atoms with Crippen LogP contribution in [0.15, 0.2) is 61.4 Å². The molecule has 0 amide bonds. The van der Waals surface area contributed by atoms with Crippen LogP contribution in [0.5, 0.6) is 0 Å². The predicted octanol–water partition coefficient (Wildman–Crippen LogP) is 3.20. The quantitative estimate of drug-likeness (QED) is 0.511. The average molecular weight is 281 g/mol. The summed E-state index contributed by atoms with van der Waals surface area (Å²) in [4.78, 5) is 22.9. The van der Waals surface area contributed by atoms with Crippen LogP contribution in [0.25, 0.3) is 5.70 Å². The van der Waals surface area contributed by atoms with Crippen molar-refractivity contribution in [3.05, 3.63) is 78.0 Å². The molecular formula is C17H15NO3. The number of cyclic esters (lactones) is 2. The van der Waals surface area contributed by atoms with Gasteiger partial charge in [0.05, 0.1) is 11.1 Å². The first-order chi connectivity index (χ1) is 10.1. The van der Waals surface area contributed by atoms with Gasteiger partial charge in [-0.25, -0.2) is 9.59 Å². The molecule has 0 bridgehead atoms. The largest absolute Gasteiger partial charge is 0.386 e. The Morgan fingerprint density at radius 2 is 1.95 bits per heavy atom. The maximum absolute atomic E-state index is 11.5. The number of hydrogen-bond donors (Lipinski definition) is 1. The van der Waals surface area contributed by atoms with Crippen molar-refractivity contribution in [3.8, 4) is 0 Å². The van der Waals surface area contributed by atoms with Crippen LogP contribution in [0.4, 0.5) is 0 Å². The van der Waals surface area contributed by atoms with Crippen molar-refractivity contribution in [3.63, 3.8) is 0 Å².